The smallest absolute Gasteiger partial charge is 0.331 e. The number of imide groups is 1. The second-order valence-corrected chi connectivity index (χ2v) is 8.97. The zero-order chi connectivity index (χ0) is 25.7. The fraction of sp³-hybridized carbons (Fsp3) is 0.375. The number of nitrogens with zero attached hydrogens (tertiary/aromatic N) is 3. The molecule has 1 unspecified atom stereocenters. The van der Waals surface area contributed by atoms with E-state index < -0.39 is 24.2 Å². The van der Waals surface area contributed by atoms with E-state index in [1.165, 1.54) is 21.9 Å². The van der Waals surface area contributed by atoms with Crippen molar-refractivity contribution in [1.82, 2.24) is 20.0 Å². The summed E-state index contributed by atoms with van der Waals surface area (Å²) in [7, 11) is 3.20. The van der Waals surface area contributed by atoms with Crippen LogP contribution in [0.2, 0.25) is 5.02 Å². The van der Waals surface area contributed by atoms with Crippen LogP contribution in [0.1, 0.15) is 25.8 Å². The van der Waals surface area contributed by atoms with Gasteiger partial charge in [-0.05, 0) is 43.7 Å². The maximum atomic E-state index is 14.5. The zero-order valence-corrected chi connectivity index (χ0v) is 20.8. The molecular formula is C24H29ClFN5O4. The summed E-state index contributed by atoms with van der Waals surface area (Å²) in [5.41, 5.74) is 1.11. The maximum Gasteiger partial charge on any atom is 0.331 e. The summed E-state index contributed by atoms with van der Waals surface area (Å²) in [5, 5.41) is 6.27. The third kappa shape index (κ3) is 6.75. The first-order valence-electron chi connectivity index (χ1n) is 11.1. The number of hydrogen-bond acceptors (Lipinski definition) is 5. The van der Waals surface area contributed by atoms with Gasteiger partial charge in [0.05, 0.1) is 12.6 Å². The van der Waals surface area contributed by atoms with E-state index in [2.05, 4.69) is 10.6 Å². The number of nitrogens with one attached hydrogen (secondary N) is 2. The van der Waals surface area contributed by atoms with E-state index in [9.17, 15) is 18.8 Å². The molecule has 2 aromatic rings. The summed E-state index contributed by atoms with van der Waals surface area (Å²) in [6.07, 6.45) is -1.18. The number of hydrogen-bond donors (Lipinski definition) is 2. The molecule has 1 aliphatic rings. The summed E-state index contributed by atoms with van der Waals surface area (Å²) in [6.45, 7) is 3.63. The van der Waals surface area contributed by atoms with Crippen LogP contribution in [0.15, 0.2) is 42.5 Å². The molecule has 1 heterocycles. The molecule has 11 heteroatoms. The van der Waals surface area contributed by atoms with Gasteiger partial charge in [-0.3, -0.25) is 15.0 Å². The largest absolute Gasteiger partial charge is 0.488 e. The van der Waals surface area contributed by atoms with Crippen LogP contribution in [0.4, 0.5) is 19.7 Å². The second-order valence-electron chi connectivity index (χ2n) is 8.53. The molecule has 0 radical (unpaired) electrons. The monoisotopic (exact) mass is 505 g/mol. The number of carbonyl (C=O) groups excluding carboxylic acids is 3. The van der Waals surface area contributed by atoms with Gasteiger partial charge >= 0.3 is 12.1 Å². The molecule has 0 aliphatic carbocycles. The zero-order valence-electron chi connectivity index (χ0n) is 20.0. The van der Waals surface area contributed by atoms with Crippen LogP contribution in [0.3, 0.4) is 0 Å². The van der Waals surface area contributed by atoms with Gasteiger partial charge in [0.25, 0.3) is 0 Å². The van der Waals surface area contributed by atoms with Crippen LogP contribution in [0.25, 0.3) is 0 Å². The minimum atomic E-state index is -0.970. The van der Waals surface area contributed by atoms with Crippen molar-refractivity contribution < 1.29 is 23.5 Å². The van der Waals surface area contributed by atoms with Crippen molar-refractivity contribution in [3.63, 3.8) is 0 Å². The summed E-state index contributed by atoms with van der Waals surface area (Å²) < 4.78 is 19.9. The molecule has 1 atom stereocenters. The maximum absolute atomic E-state index is 14.5. The lowest BCUT2D eigenvalue weighted by molar-refractivity contribution is -0.128. The summed E-state index contributed by atoms with van der Waals surface area (Å²) in [6, 6.07) is 9.98. The predicted octanol–water partition coefficient (Wildman–Crippen LogP) is 4.09. The van der Waals surface area contributed by atoms with Crippen LogP contribution in [-0.4, -0.2) is 65.7 Å². The van der Waals surface area contributed by atoms with Crippen molar-refractivity contribution in [2.24, 2.45) is 0 Å². The van der Waals surface area contributed by atoms with E-state index in [1.54, 1.807) is 58.3 Å². The van der Waals surface area contributed by atoms with Crippen LogP contribution < -0.4 is 15.4 Å². The first-order valence-corrected chi connectivity index (χ1v) is 11.5. The molecule has 2 N–H and O–H groups in total. The highest BCUT2D eigenvalue weighted by Gasteiger charge is 2.38. The third-order valence-corrected chi connectivity index (χ3v) is 5.46. The SMILES string of the molecule is CC(C)Oc1ccc(NC2NC(=O)N(CCC(=O)N(C)C)C(=O)N2Cc2ccc(Cl)cc2)cc1F. The van der Waals surface area contributed by atoms with Gasteiger partial charge in [-0.15, -0.1) is 0 Å². The molecule has 0 spiro atoms. The predicted molar refractivity (Wildman–Crippen MR) is 131 cm³/mol. The van der Waals surface area contributed by atoms with Crippen LogP contribution in [0, 0.1) is 5.82 Å². The Kier molecular flexibility index (Phi) is 8.39. The molecule has 5 amide bonds. The standard InChI is InChI=1S/C24H29ClFN5O4/c1-15(2)35-20-10-9-18(13-19(20)26)27-22-28-23(33)30(12-11-21(32)29(3)4)24(34)31(22)14-16-5-7-17(25)8-6-16/h5-10,13,15,22,27H,11-12,14H2,1-4H3,(H,28,33). The molecule has 35 heavy (non-hydrogen) atoms. The Labute approximate surface area is 208 Å². The topological polar surface area (TPSA) is 94.2 Å². The minimum Gasteiger partial charge on any atom is -0.488 e. The number of halogens is 2. The highest BCUT2D eigenvalue weighted by molar-refractivity contribution is 6.30. The van der Waals surface area contributed by atoms with Gasteiger partial charge in [0.15, 0.2) is 17.9 Å². The van der Waals surface area contributed by atoms with Crippen molar-refractivity contribution in [1.29, 1.82) is 0 Å². The van der Waals surface area contributed by atoms with Gasteiger partial charge in [-0.1, -0.05) is 23.7 Å². The molecular weight excluding hydrogens is 477 g/mol. The average Bonchev–Trinajstić information content (AvgIpc) is 2.78. The van der Waals surface area contributed by atoms with E-state index in [4.69, 9.17) is 16.3 Å². The molecule has 1 saturated heterocycles. The van der Waals surface area contributed by atoms with E-state index in [0.29, 0.717) is 10.7 Å². The van der Waals surface area contributed by atoms with Gasteiger partial charge in [-0.25, -0.2) is 18.9 Å². The van der Waals surface area contributed by atoms with Crippen molar-refractivity contribution in [3.05, 3.63) is 58.9 Å². The summed E-state index contributed by atoms with van der Waals surface area (Å²) in [4.78, 5) is 41.9. The highest BCUT2D eigenvalue weighted by atomic mass is 35.5. The van der Waals surface area contributed by atoms with E-state index in [1.807, 2.05) is 0 Å². The molecule has 0 saturated carbocycles. The Balaban J connectivity index is 1.83. The van der Waals surface area contributed by atoms with Gasteiger partial charge < -0.3 is 15.0 Å². The van der Waals surface area contributed by atoms with Gasteiger partial charge in [0.1, 0.15) is 0 Å². The van der Waals surface area contributed by atoms with Crippen LogP contribution >= 0.6 is 11.6 Å². The van der Waals surface area contributed by atoms with Crippen LogP contribution in [0.5, 0.6) is 5.75 Å². The molecule has 1 aliphatic heterocycles. The number of ether oxygens (including phenoxy) is 1. The Bertz CT molecular complexity index is 1080. The number of amides is 5. The Morgan fingerprint density at radius 2 is 1.89 bits per heavy atom. The molecule has 0 bridgehead atoms. The lowest BCUT2D eigenvalue weighted by Crippen LogP contribution is -2.67. The van der Waals surface area contributed by atoms with Crippen molar-refractivity contribution >= 4 is 35.3 Å². The van der Waals surface area contributed by atoms with Crippen LogP contribution in [-0.2, 0) is 11.3 Å². The van der Waals surface area contributed by atoms with Crippen molar-refractivity contribution in [2.45, 2.75) is 39.2 Å². The molecule has 1 fully saturated rings. The van der Waals surface area contributed by atoms with Crippen molar-refractivity contribution in [3.8, 4) is 5.75 Å². The van der Waals surface area contributed by atoms with Gasteiger partial charge in [-0.2, -0.15) is 0 Å². The lowest BCUT2D eigenvalue weighted by Gasteiger charge is -2.41. The van der Waals surface area contributed by atoms with Gasteiger partial charge in [0.2, 0.25) is 5.91 Å². The first-order chi connectivity index (χ1) is 16.5. The molecule has 188 valence electrons. The number of carbonyl (C=O) groups is 3. The fourth-order valence-corrected chi connectivity index (χ4v) is 3.54. The molecule has 0 aromatic heterocycles. The normalized spacial score (nSPS) is 15.8. The highest BCUT2D eigenvalue weighted by Crippen LogP contribution is 2.24. The molecule has 2 aromatic carbocycles. The number of anilines is 1. The molecule has 9 nitrogen and oxygen atoms in total. The van der Waals surface area contributed by atoms with E-state index in [-0.39, 0.29) is 37.3 Å². The summed E-state index contributed by atoms with van der Waals surface area (Å²) in [5.74, 6) is -0.691. The lowest BCUT2D eigenvalue weighted by atomic mass is 10.2. The minimum absolute atomic E-state index is 0.0123. The fourth-order valence-electron chi connectivity index (χ4n) is 3.41. The quantitative estimate of drug-likeness (QED) is 0.535. The number of benzene rings is 2. The van der Waals surface area contributed by atoms with E-state index in [0.717, 1.165) is 10.5 Å². The number of urea groups is 2. The second kappa shape index (κ2) is 11.3. The van der Waals surface area contributed by atoms with E-state index >= 15 is 0 Å². The van der Waals surface area contributed by atoms with Gasteiger partial charge in [0, 0.05) is 43.8 Å². The summed E-state index contributed by atoms with van der Waals surface area (Å²) >= 11 is 5.98. The Morgan fingerprint density at radius 1 is 1.20 bits per heavy atom. The Morgan fingerprint density at radius 3 is 2.49 bits per heavy atom. The molecule has 3 rings (SSSR count). The Hall–Kier alpha value is -3.53. The average molecular weight is 506 g/mol. The third-order valence-electron chi connectivity index (χ3n) is 5.21. The first kappa shape index (κ1) is 26.1. The number of rotatable bonds is 9. The van der Waals surface area contributed by atoms with Crippen molar-refractivity contribution in [2.75, 3.05) is 26.0 Å².